The predicted molar refractivity (Wildman–Crippen MR) is 78.6 cm³/mol. The summed E-state index contributed by atoms with van der Waals surface area (Å²) in [5, 5.41) is 8.62. The lowest BCUT2D eigenvalue weighted by atomic mass is 10.1. The summed E-state index contributed by atoms with van der Waals surface area (Å²) < 4.78 is 5.87. The fourth-order valence-electron chi connectivity index (χ4n) is 1.86. The van der Waals surface area contributed by atoms with Gasteiger partial charge in [0.25, 0.3) is 0 Å². The standard InChI is InChI=1S/C17H16O3/c1-13(15-7-3-2-4-8-15)20-16-9-5-6-14(12-16)10-11-17(18)19/h2-13H,1H3,(H,18,19)/b11-10+. The molecule has 1 N–H and O–H groups in total. The van der Waals surface area contributed by atoms with Gasteiger partial charge in [-0.25, -0.2) is 4.79 Å². The maximum absolute atomic E-state index is 10.5. The molecule has 1 atom stereocenters. The third-order valence-corrected chi connectivity index (χ3v) is 2.86. The van der Waals surface area contributed by atoms with E-state index in [4.69, 9.17) is 9.84 Å². The fourth-order valence-corrected chi connectivity index (χ4v) is 1.86. The predicted octanol–water partition coefficient (Wildman–Crippen LogP) is 3.92. The molecular weight excluding hydrogens is 252 g/mol. The molecule has 0 aliphatic heterocycles. The number of benzene rings is 2. The molecule has 2 aromatic carbocycles. The smallest absolute Gasteiger partial charge is 0.328 e. The maximum Gasteiger partial charge on any atom is 0.328 e. The Hall–Kier alpha value is -2.55. The molecule has 0 aliphatic carbocycles. The van der Waals surface area contributed by atoms with Crippen LogP contribution in [-0.4, -0.2) is 11.1 Å². The third kappa shape index (κ3) is 3.99. The highest BCUT2D eigenvalue weighted by molar-refractivity contribution is 5.85. The highest BCUT2D eigenvalue weighted by atomic mass is 16.5. The van der Waals surface area contributed by atoms with Crippen molar-refractivity contribution >= 4 is 12.0 Å². The van der Waals surface area contributed by atoms with E-state index in [1.54, 1.807) is 6.08 Å². The van der Waals surface area contributed by atoms with E-state index in [0.717, 1.165) is 17.2 Å². The van der Waals surface area contributed by atoms with Gasteiger partial charge in [0.2, 0.25) is 0 Å². The summed E-state index contributed by atoms with van der Waals surface area (Å²) in [5.74, 6) is -0.247. The van der Waals surface area contributed by atoms with Crippen molar-refractivity contribution in [1.82, 2.24) is 0 Å². The molecule has 102 valence electrons. The summed E-state index contributed by atoms with van der Waals surface area (Å²) in [7, 11) is 0. The lowest BCUT2D eigenvalue weighted by Crippen LogP contribution is -2.02. The normalized spacial score (nSPS) is 12.2. The summed E-state index contributed by atoms with van der Waals surface area (Å²) in [6, 6.07) is 17.3. The number of rotatable bonds is 5. The molecule has 0 amide bonds. The summed E-state index contributed by atoms with van der Waals surface area (Å²) >= 11 is 0. The van der Waals surface area contributed by atoms with Crippen LogP contribution in [0.1, 0.15) is 24.2 Å². The molecule has 1 unspecified atom stereocenters. The zero-order chi connectivity index (χ0) is 14.4. The van der Waals surface area contributed by atoms with E-state index < -0.39 is 5.97 Å². The van der Waals surface area contributed by atoms with Gasteiger partial charge in [0.1, 0.15) is 11.9 Å². The Balaban J connectivity index is 2.10. The molecule has 0 aliphatic rings. The van der Waals surface area contributed by atoms with Gasteiger partial charge in [-0.2, -0.15) is 0 Å². The van der Waals surface area contributed by atoms with Gasteiger partial charge < -0.3 is 9.84 Å². The van der Waals surface area contributed by atoms with Crippen LogP contribution in [-0.2, 0) is 4.79 Å². The molecular formula is C17H16O3. The Labute approximate surface area is 118 Å². The van der Waals surface area contributed by atoms with Crippen molar-refractivity contribution in [2.24, 2.45) is 0 Å². The van der Waals surface area contributed by atoms with Gasteiger partial charge in [-0.05, 0) is 36.3 Å². The SMILES string of the molecule is CC(Oc1cccc(/C=C/C(=O)O)c1)c1ccccc1. The van der Waals surface area contributed by atoms with Crippen molar-refractivity contribution in [2.75, 3.05) is 0 Å². The van der Waals surface area contributed by atoms with Gasteiger partial charge in [0.15, 0.2) is 0 Å². The van der Waals surface area contributed by atoms with Crippen molar-refractivity contribution < 1.29 is 14.6 Å². The summed E-state index contributed by atoms with van der Waals surface area (Å²) in [6.07, 6.45) is 2.59. The van der Waals surface area contributed by atoms with E-state index >= 15 is 0 Å². The van der Waals surface area contributed by atoms with Gasteiger partial charge in [-0.3, -0.25) is 0 Å². The van der Waals surface area contributed by atoms with E-state index in [1.807, 2.05) is 61.5 Å². The molecule has 0 aromatic heterocycles. The fraction of sp³-hybridized carbons (Fsp3) is 0.118. The largest absolute Gasteiger partial charge is 0.486 e. The minimum atomic E-state index is -0.964. The molecule has 0 radical (unpaired) electrons. The molecule has 3 nitrogen and oxygen atoms in total. The first kappa shape index (κ1) is 13.9. The number of hydrogen-bond acceptors (Lipinski definition) is 2. The summed E-state index contributed by atoms with van der Waals surface area (Å²) in [5.41, 5.74) is 1.89. The van der Waals surface area contributed by atoms with Crippen molar-refractivity contribution in [1.29, 1.82) is 0 Å². The number of carboxylic acid groups (broad SMARTS) is 1. The van der Waals surface area contributed by atoms with Crippen LogP contribution < -0.4 is 4.74 Å². The molecule has 0 saturated heterocycles. The second-order valence-corrected chi connectivity index (χ2v) is 4.41. The quantitative estimate of drug-likeness (QED) is 0.836. The Morgan fingerprint density at radius 1 is 1.15 bits per heavy atom. The summed E-state index contributed by atoms with van der Waals surface area (Å²) in [6.45, 7) is 1.98. The first-order valence-electron chi connectivity index (χ1n) is 6.38. The molecule has 0 bridgehead atoms. The highest BCUT2D eigenvalue weighted by Gasteiger charge is 2.06. The van der Waals surface area contributed by atoms with Crippen LogP contribution in [0.3, 0.4) is 0 Å². The number of ether oxygens (including phenoxy) is 1. The van der Waals surface area contributed by atoms with Crippen LogP contribution in [0.25, 0.3) is 6.08 Å². The van der Waals surface area contributed by atoms with Crippen LogP contribution in [0, 0.1) is 0 Å². The lowest BCUT2D eigenvalue weighted by molar-refractivity contribution is -0.131. The molecule has 0 saturated carbocycles. The Morgan fingerprint density at radius 3 is 2.60 bits per heavy atom. The number of aliphatic carboxylic acids is 1. The third-order valence-electron chi connectivity index (χ3n) is 2.86. The van der Waals surface area contributed by atoms with E-state index in [-0.39, 0.29) is 6.10 Å². The van der Waals surface area contributed by atoms with Gasteiger partial charge in [0, 0.05) is 6.08 Å². The number of hydrogen-bond donors (Lipinski definition) is 1. The van der Waals surface area contributed by atoms with Crippen LogP contribution in [0.15, 0.2) is 60.7 Å². The monoisotopic (exact) mass is 268 g/mol. The van der Waals surface area contributed by atoms with Gasteiger partial charge in [0.05, 0.1) is 0 Å². The number of carboxylic acids is 1. The van der Waals surface area contributed by atoms with Crippen molar-refractivity contribution in [2.45, 2.75) is 13.0 Å². The molecule has 20 heavy (non-hydrogen) atoms. The maximum atomic E-state index is 10.5. The van der Waals surface area contributed by atoms with E-state index in [2.05, 4.69) is 0 Å². The Bertz CT molecular complexity index is 603. The second-order valence-electron chi connectivity index (χ2n) is 4.41. The van der Waals surface area contributed by atoms with E-state index in [1.165, 1.54) is 0 Å². The molecule has 0 spiro atoms. The average Bonchev–Trinajstić information content (AvgIpc) is 2.46. The van der Waals surface area contributed by atoms with Crippen molar-refractivity contribution in [3.05, 3.63) is 71.8 Å². The zero-order valence-corrected chi connectivity index (χ0v) is 11.2. The lowest BCUT2D eigenvalue weighted by Gasteiger charge is -2.15. The van der Waals surface area contributed by atoms with Gasteiger partial charge >= 0.3 is 5.97 Å². The minimum absolute atomic E-state index is 0.0603. The number of carbonyl (C=O) groups is 1. The van der Waals surface area contributed by atoms with Gasteiger partial charge in [-0.1, -0.05) is 42.5 Å². The molecule has 2 aromatic rings. The first-order chi connectivity index (χ1) is 9.65. The molecule has 0 heterocycles. The van der Waals surface area contributed by atoms with E-state index in [0.29, 0.717) is 5.75 Å². The zero-order valence-electron chi connectivity index (χ0n) is 11.2. The van der Waals surface area contributed by atoms with Crippen molar-refractivity contribution in [3.8, 4) is 5.75 Å². The molecule has 0 fully saturated rings. The molecule has 3 heteroatoms. The van der Waals surface area contributed by atoms with Crippen LogP contribution >= 0.6 is 0 Å². The van der Waals surface area contributed by atoms with Crippen LogP contribution in [0.5, 0.6) is 5.75 Å². The van der Waals surface area contributed by atoms with Crippen LogP contribution in [0.4, 0.5) is 0 Å². The first-order valence-corrected chi connectivity index (χ1v) is 6.38. The summed E-state index contributed by atoms with van der Waals surface area (Å²) in [4.78, 5) is 10.5. The molecule has 2 rings (SSSR count). The van der Waals surface area contributed by atoms with E-state index in [9.17, 15) is 4.79 Å². The Kier molecular flexibility index (Phi) is 4.56. The van der Waals surface area contributed by atoms with Crippen LogP contribution in [0.2, 0.25) is 0 Å². The van der Waals surface area contributed by atoms with Crippen molar-refractivity contribution in [3.63, 3.8) is 0 Å². The van der Waals surface area contributed by atoms with Gasteiger partial charge in [-0.15, -0.1) is 0 Å². The minimum Gasteiger partial charge on any atom is -0.486 e. The topological polar surface area (TPSA) is 46.5 Å². The average molecular weight is 268 g/mol. The highest BCUT2D eigenvalue weighted by Crippen LogP contribution is 2.22. The second kappa shape index (κ2) is 6.57. The Morgan fingerprint density at radius 2 is 1.90 bits per heavy atom.